The number of nitrogens with two attached hydrogens (primary N) is 1. The number of amides is 6. The van der Waals surface area contributed by atoms with E-state index in [1.54, 1.807) is 13.8 Å². The van der Waals surface area contributed by atoms with Gasteiger partial charge in [0.1, 0.15) is 24.2 Å². The number of hydrogen-bond acceptors (Lipinski definition) is 9. The van der Waals surface area contributed by atoms with E-state index < -0.39 is 84.3 Å². The van der Waals surface area contributed by atoms with Crippen LogP contribution in [0, 0.1) is 0 Å². The van der Waals surface area contributed by atoms with Crippen molar-refractivity contribution in [1.29, 1.82) is 0 Å². The number of nitrogens with one attached hydrogen (secondary N) is 6. The molecule has 10 N–H and O–H groups in total. The van der Waals surface area contributed by atoms with Crippen molar-refractivity contribution in [2.45, 2.75) is 64.3 Å². The molecule has 4 atom stereocenters. The van der Waals surface area contributed by atoms with E-state index >= 15 is 0 Å². The number of aliphatic carboxylic acids is 1. The molecular weight excluding hydrogens is 494 g/mol. The molecule has 0 aromatic carbocycles. The molecule has 0 bridgehead atoms. The van der Waals surface area contributed by atoms with Crippen molar-refractivity contribution in [3.05, 3.63) is 12.3 Å². The van der Waals surface area contributed by atoms with Gasteiger partial charge in [-0.25, -0.2) is 0 Å². The van der Waals surface area contributed by atoms with Gasteiger partial charge in [-0.15, -0.1) is 0 Å². The molecular formula is C21H35N7O9. The highest BCUT2D eigenvalue weighted by atomic mass is 16.4. The summed E-state index contributed by atoms with van der Waals surface area (Å²) >= 11 is 0. The van der Waals surface area contributed by atoms with Crippen LogP contribution >= 0.6 is 0 Å². The van der Waals surface area contributed by atoms with E-state index in [9.17, 15) is 38.7 Å². The van der Waals surface area contributed by atoms with Gasteiger partial charge in [0.15, 0.2) is 0 Å². The zero-order chi connectivity index (χ0) is 28.9. The van der Waals surface area contributed by atoms with Gasteiger partial charge in [0.05, 0.1) is 25.3 Å². The van der Waals surface area contributed by atoms with E-state index in [-0.39, 0.29) is 12.6 Å². The van der Waals surface area contributed by atoms with Crippen LogP contribution in [-0.2, 0) is 33.6 Å². The van der Waals surface area contributed by atoms with Crippen LogP contribution in [0.15, 0.2) is 12.3 Å². The minimum absolute atomic E-state index is 0.00118. The first-order valence-corrected chi connectivity index (χ1v) is 11.1. The lowest BCUT2D eigenvalue weighted by Crippen LogP contribution is -2.57. The normalized spacial score (nSPS) is 13.8. The summed E-state index contributed by atoms with van der Waals surface area (Å²) in [5, 5.41) is 32.0. The lowest BCUT2D eigenvalue weighted by Gasteiger charge is -2.23. The van der Waals surface area contributed by atoms with Gasteiger partial charge in [-0.2, -0.15) is 0 Å². The van der Waals surface area contributed by atoms with E-state index in [0.717, 1.165) is 0 Å². The molecule has 2 unspecified atom stereocenters. The Morgan fingerprint density at radius 1 is 0.811 bits per heavy atom. The van der Waals surface area contributed by atoms with Gasteiger partial charge in [0, 0.05) is 6.04 Å². The summed E-state index contributed by atoms with van der Waals surface area (Å²) in [4.78, 5) is 83.5. The SMILES string of the molecule is C=C(NC(=O)C(CC(N)=O)NC(=O)[C@H](C)NC(=O)C(CO)NC(=O)CNC(C)C)C(=O)N[C@@H](C)C(=O)O. The molecule has 208 valence electrons. The first-order chi connectivity index (χ1) is 17.1. The Morgan fingerprint density at radius 2 is 1.41 bits per heavy atom. The van der Waals surface area contributed by atoms with Crippen molar-refractivity contribution < 1.29 is 43.8 Å². The van der Waals surface area contributed by atoms with Crippen molar-refractivity contribution in [1.82, 2.24) is 31.9 Å². The summed E-state index contributed by atoms with van der Waals surface area (Å²) in [6, 6.07) is -5.52. The summed E-state index contributed by atoms with van der Waals surface area (Å²) < 4.78 is 0. The molecule has 37 heavy (non-hydrogen) atoms. The number of carbonyl (C=O) groups is 7. The predicted octanol–water partition coefficient (Wildman–Crippen LogP) is -4.45. The third-order valence-corrected chi connectivity index (χ3v) is 4.56. The second-order valence-corrected chi connectivity index (χ2v) is 8.30. The lowest BCUT2D eigenvalue weighted by atomic mass is 10.1. The number of carboxylic acid groups (broad SMARTS) is 1. The molecule has 0 heterocycles. The Hall–Kier alpha value is -4.05. The molecule has 0 saturated heterocycles. The Bertz CT molecular complexity index is 907. The zero-order valence-corrected chi connectivity index (χ0v) is 21.0. The van der Waals surface area contributed by atoms with Crippen LogP contribution in [0.3, 0.4) is 0 Å². The van der Waals surface area contributed by atoms with E-state index in [0.29, 0.717) is 0 Å². The third-order valence-electron chi connectivity index (χ3n) is 4.56. The third kappa shape index (κ3) is 13.0. The largest absolute Gasteiger partial charge is 0.480 e. The van der Waals surface area contributed by atoms with E-state index in [2.05, 4.69) is 33.2 Å². The summed E-state index contributed by atoms with van der Waals surface area (Å²) in [5.74, 6) is -6.80. The van der Waals surface area contributed by atoms with Gasteiger partial charge >= 0.3 is 5.97 Å². The van der Waals surface area contributed by atoms with E-state index in [4.69, 9.17) is 10.8 Å². The van der Waals surface area contributed by atoms with Gasteiger partial charge in [0.2, 0.25) is 29.5 Å². The number of carbonyl (C=O) groups excluding carboxylic acids is 6. The van der Waals surface area contributed by atoms with E-state index in [1.807, 2.05) is 5.32 Å². The fourth-order valence-corrected chi connectivity index (χ4v) is 2.46. The summed E-state index contributed by atoms with van der Waals surface area (Å²) in [5.41, 5.74) is 4.56. The highest BCUT2D eigenvalue weighted by molar-refractivity contribution is 6.01. The van der Waals surface area contributed by atoms with Crippen molar-refractivity contribution in [2.24, 2.45) is 5.73 Å². The molecule has 0 aliphatic carbocycles. The maximum Gasteiger partial charge on any atom is 0.325 e. The van der Waals surface area contributed by atoms with Gasteiger partial charge in [-0.3, -0.25) is 33.6 Å². The summed E-state index contributed by atoms with van der Waals surface area (Å²) in [6.45, 7) is 8.47. The van der Waals surface area contributed by atoms with Gasteiger partial charge in [-0.05, 0) is 13.8 Å². The molecule has 0 rings (SSSR count). The van der Waals surface area contributed by atoms with Crippen LogP contribution in [0.2, 0.25) is 0 Å². The minimum Gasteiger partial charge on any atom is -0.480 e. The number of aliphatic hydroxyl groups is 1. The van der Waals surface area contributed by atoms with Crippen LogP contribution in [0.1, 0.15) is 34.1 Å². The van der Waals surface area contributed by atoms with Crippen LogP contribution < -0.4 is 37.6 Å². The number of aliphatic hydroxyl groups excluding tert-OH is 1. The maximum absolute atomic E-state index is 12.5. The van der Waals surface area contributed by atoms with Crippen LogP contribution in [0.25, 0.3) is 0 Å². The molecule has 0 aromatic heterocycles. The molecule has 0 spiro atoms. The van der Waals surface area contributed by atoms with Gasteiger partial charge < -0.3 is 47.8 Å². The van der Waals surface area contributed by atoms with E-state index in [1.165, 1.54) is 13.8 Å². The van der Waals surface area contributed by atoms with Crippen molar-refractivity contribution >= 4 is 41.4 Å². The molecule has 16 heteroatoms. The fourth-order valence-electron chi connectivity index (χ4n) is 2.46. The number of carboxylic acids is 1. The maximum atomic E-state index is 12.5. The Kier molecular flexibility index (Phi) is 14.1. The molecule has 0 aliphatic rings. The van der Waals surface area contributed by atoms with Crippen LogP contribution in [0.4, 0.5) is 0 Å². The molecule has 16 nitrogen and oxygen atoms in total. The Morgan fingerprint density at radius 3 is 1.89 bits per heavy atom. The standard InChI is InChI=1S/C21H35N7O9/c1-9(2)23-7-16(31)27-14(8-29)20(35)25-11(4)18(33)28-13(6-15(22)30)19(34)24-10(3)17(32)26-12(5)21(36)37/h9,11-14,23,29H,3,6-8H2,1-2,4-5H3,(H2,22,30)(H,24,34)(H,25,35)(H,26,32)(H,27,31)(H,28,33)(H,36,37)/t11-,12-,13?,14?/m0/s1. The molecule has 0 aromatic rings. The smallest absolute Gasteiger partial charge is 0.325 e. The molecule has 0 radical (unpaired) electrons. The quantitative estimate of drug-likeness (QED) is 0.0866. The predicted molar refractivity (Wildman–Crippen MR) is 128 cm³/mol. The topological polar surface area (TPSA) is 258 Å². The second-order valence-electron chi connectivity index (χ2n) is 8.30. The molecule has 0 fully saturated rings. The highest BCUT2D eigenvalue weighted by Gasteiger charge is 2.29. The van der Waals surface area contributed by atoms with Crippen molar-refractivity contribution in [3.63, 3.8) is 0 Å². The van der Waals surface area contributed by atoms with Crippen LogP contribution in [-0.4, -0.2) is 95.0 Å². The van der Waals surface area contributed by atoms with Crippen molar-refractivity contribution in [2.75, 3.05) is 13.2 Å². The average Bonchev–Trinajstić information content (AvgIpc) is 2.79. The highest BCUT2D eigenvalue weighted by Crippen LogP contribution is 1.98. The Balaban J connectivity index is 5.15. The first-order valence-electron chi connectivity index (χ1n) is 11.1. The van der Waals surface area contributed by atoms with Gasteiger partial charge in [-0.1, -0.05) is 20.4 Å². The average molecular weight is 530 g/mol. The number of rotatable bonds is 16. The number of primary amides is 1. The Labute approximate surface area is 213 Å². The second kappa shape index (κ2) is 15.8. The van der Waals surface area contributed by atoms with Crippen molar-refractivity contribution in [3.8, 4) is 0 Å². The monoisotopic (exact) mass is 529 g/mol. The minimum atomic E-state index is -1.58. The first kappa shape index (κ1) is 33.0. The fraction of sp³-hybridized carbons (Fsp3) is 0.571. The molecule has 0 aliphatic heterocycles. The lowest BCUT2D eigenvalue weighted by molar-refractivity contribution is -0.140. The summed E-state index contributed by atoms with van der Waals surface area (Å²) in [6.07, 6.45) is -0.684. The van der Waals surface area contributed by atoms with Crippen LogP contribution in [0.5, 0.6) is 0 Å². The molecule has 6 amide bonds. The van der Waals surface area contributed by atoms with Gasteiger partial charge in [0.25, 0.3) is 5.91 Å². The number of hydrogen-bond donors (Lipinski definition) is 9. The zero-order valence-electron chi connectivity index (χ0n) is 21.0. The molecule has 0 saturated carbocycles. The summed E-state index contributed by atoms with van der Waals surface area (Å²) in [7, 11) is 0.